The van der Waals surface area contributed by atoms with E-state index >= 15 is 0 Å². The lowest BCUT2D eigenvalue weighted by molar-refractivity contribution is 0.0698. The average molecular weight is 332 g/mol. The van der Waals surface area contributed by atoms with Crippen molar-refractivity contribution >= 4 is 34.6 Å². The highest BCUT2D eigenvalue weighted by Crippen LogP contribution is 2.26. The van der Waals surface area contributed by atoms with Crippen LogP contribution in [0.25, 0.3) is 0 Å². The molecule has 0 spiro atoms. The van der Waals surface area contributed by atoms with Gasteiger partial charge in [-0.25, -0.2) is 4.79 Å². The van der Waals surface area contributed by atoms with Crippen molar-refractivity contribution in [3.05, 3.63) is 53.6 Å². The highest BCUT2D eigenvalue weighted by molar-refractivity contribution is 6.17. The molecule has 2 aromatic rings. The van der Waals surface area contributed by atoms with Crippen molar-refractivity contribution in [3.63, 3.8) is 0 Å². The first-order valence-corrected chi connectivity index (χ1v) is 7.80. The summed E-state index contributed by atoms with van der Waals surface area (Å²) >= 11 is 5.65. The van der Waals surface area contributed by atoms with Crippen LogP contribution < -0.4 is 5.32 Å². The van der Waals surface area contributed by atoms with Crippen LogP contribution in [0.4, 0.5) is 17.1 Å². The second-order valence-electron chi connectivity index (χ2n) is 4.99. The number of carbonyl (C=O) groups is 1. The van der Waals surface area contributed by atoms with Crippen LogP contribution in [0.2, 0.25) is 0 Å². The summed E-state index contributed by atoms with van der Waals surface area (Å²) in [5.41, 5.74) is 3.12. The molecule has 0 radical (unpaired) electrons. The fourth-order valence-electron chi connectivity index (χ4n) is 2.03. The van der Waals surface area contributed by atoms with E-state index in [2.05, 4.69) is 15.5 Å². The Hall–Kier alpha value is -2.40. The zero-order valence-electron chi connectivity index (χ0n) is 12.8. The molecule has 5 nitrogen and oxygen atoms in total. The van der Waals surface area contributed by atoms with Gasteiger partial charge in [-0.15, -0.1) is 16.7 Å². The van der Waals surface area contributed by atoms with Gasteiger partial charge in [0.1, 0.15) is 5.69 Å². The Bertz CT molecular complexity index is 717. The Morgan fingerprint density at radius 1 is 1.17 bits per heavy atom. The fraction of sp³-hybridized carbons (Fsp3) is 0.235. The quantitative estimate of drug-likeness (QED) is 0.418. The van der Waals surface area contributed by atoms with Crippen LogP contribution in [0.3, 0.4) is 0 Å². The van der Waals surface area contributed by atoms with Gasteiger partial charge >= 0.3 is 5.97 Å². The van der Waals surface area contributed by atoms with E-state index in [1.807, 2.05) is 25.1 Å². The molecule has 2 rings (SSSR count). The van der Waals surface area contributed by atoms with Crippen LogP contribution in [0.15, 0.2) is 52.7 Å². The van der Waals surface area contributed by atoms with Gasteiger partial charge in [-0.05, 0) is 49.2 Å². The van der Waals surface area contributed by atoms with Crippen molar-refractivity contribution in [1.82, 2.24) is 0 Å². The first-order chi connectivity index (χ1) is 11.1. The molecule has 23 heavy (non-hydrogen) atoms. The summed E-state index contributed by atoms with van der Waals surface area (Å²) in [6.07, 6.45) is 0.897. The molecule has 0 bridgehead atoms. The zero-order valence-corrected chi connectivity index (χ0v) is 13.5. The summed E-state index contributed by atoms with van der Waals surface area (Å²) in [6, 6.07) is 12.3. The number of carboxylic acid groups (broad SMARTS) is 1. The van der Waals surface area contributed by atoms with Gasteiger partial charge in [-0.3, -0.25) is 0 Å². The Morgan fingerprint density at radius 2 is 1.91 bits per heavy atom. The SMILES string of the molecule is Cc1cc(NCCCCl)ccc1N=Nc1ccccc1C(=O)O. The van der Waals surface area contributed by atoms with Crippen molar-refractivity contribution < 1.29 is 9.90 Å². The number of alkyl halides is 1. The number of hydrogen-bond acceptors (Lipinski definition) is 4. The minimum atomic E-state index is -1.02. The minimum absolute atomic E-state index is 0.133. The molecule has 0 heterocycles. The summed E-state index contributed by atoms with van der Waals surface area (Å²) in [5, 5.41) is 20.7. The second kappa shape index (κ2) is 8.29. The van der Waals surface area contributed by atoms with E-state index in [1.165, 1.54) is 6.07 Å². The number of rotatable bonds is 7. The number of hydrogen-bond donors (Lipinski definition) is 2. The molecule has 2 aromatic carbocycles. The summed E-state index contributed by atoms with van der Waals surface area (Å²) in [6.45, 7) is 2.75. The molecular weight excluding hydrogens is 314 g/mol. The fourth-order valence-corrected chi connectivity index (χ4v) is 2.16. The van der Waals surface area contributed by atoms with Gasteiger partial charge in [0.25, 0.3) is 0 Å². The third-order valence-electron chi connectivity index (χ3n) is 3.24. The Balaban J connectivity index is 2.16. The number of aryl methyl sites for hydroxylation is 1. The van der Waals surface area contributed by atoms with Crippen molar-refractivity contribution in [2.24, 2.45) is 10.2 Å². The Kier molecular flexibility index (Phi) is 6.11. The summed E-state index contributed by atoms with van der Waals surface area (Å²) in [4.78, 5) is 11.2. The maximum absolute atomic E-state index is 11.2. The molecule has 0 amide bonds. The van der Waals surface area contributed by atoms with Gasteiger partial charge in [-0.2, -0.15) is 5.11 Å². The van der Waals surface area contributed by atoms with Crippen molar-refractivity contribution in [1.29, 1.82) is 0 Å². The van der Waals surface area contributed by atoms with Gasteiger partial charge in [0.05, 0.1) is 11.3 Å². The summed E-state index contributed by atoms with van der Waals surface area (Å²) < 4.78 is 0. The third kappa shape index (κ3) is 4.79. The lowest BCUT2D eigenvalue weighted by atomic mass is 10.2. The first-order valence-electron chi connectivity index (χ1n) is 7.26. The van der Waals surface area contributed by atoms with Crippen LogP contribution in [0.5, 0.6) is 0 Å². The molecule has 0 unspecified atom stereocenters. The molecule has 0 aromatic heterocycles. The van der Waals surface area contributed by atoms with E-state index < -0.39 is 5.97 Å². The molecule has 0 aliphatic carbocycles. The Labute approximate surface area is 140 Å². The number of carboxylic acids is 1. The smallest absolute Gasteiger partial charge is 0.337 e. The maximum Gasteiger partial charge on any atom is 0.337 e. The molecule has 0 aliphatic rings. The molecule has 120 valence electrons. The highest BCUT2D eigenvalue weighted by atomic mass is 35.5. The molecule has 6 heteroatoms. The van der Waals surface area contributed by atoms with E-state index in [9.17, 15) is 4.79 Å². The van der Waals surface area contributed by atoms with Crippen molar-refractivity contribution in [2.45, 2.75) is 13.3 Å². The minimum Gasteiger partial charge on any atom is -0.478 e. The number of nitrogens with one attached hydrogen (secondary N) is 1. The van der Waals surface area contributed by atoms with Crippen LogP contribution in [-0.4, -0.2) is 23.5 Å². The average Bonchev–Trinajstić information content (AvgIpc) is 2.54. The molecule has 0 saturated heterocycles. The largest absolute Gasteiger partial charge is 0.478 e. The van der Waals surface area contributed by atoms with E-state index in [0.717, 1.165) is 24.2 Å². The van der Waals surface area contributed by atoms with E-state index in [0.29, 0.717) is 17.3 Å². The topological polar surface area (TPSA) is 74.0 Å². The molecule has 2 N–H and O–H groups in total. The number of anilines is 1. The van der Waals surface area contributed by atoms with Crippen LogP contribution in [0, 0.1) is 6.92 Å². The zero-order chi connectivity index (χ0) is 16.7. The highest BCUT2D eigenvalue weighted by Gasteiger charge is 2.08. The molecule has 0 atom stereocenters. The van der Waals surface area contributed by atoms with Crippen LogP contribution >= 0.6 is 11.6 Å². The number of halogens is 1. The summed E-state index contributed by atoms with van der Waals surface area (Å²) in [7, 11) is 0. The van der Waals surface area contributed by atoms with Crippen LogP contribution in [-0.2, 0) is 0 Å². The predicted molar refractivity (Wildman–Crippen MR) is 92.6 cm³/mol. The van der Waals surface area contributed by atoms with Gasteiger partial charge in [0.15, 0.2) is 0 Å². The molecule has 0 aliphatic heterocycles. The first kappa shape index (κ1) is 17.0. The monoisotopic (exact) mass is 331 g/mol. The third-order valence-corrected chi connectivity index (χ3v) is 3.50. The van der Waals surface area contributed by atoms with Crippen molar-refractivity contribution in [2.75, 3.05) is 17.7 Å². The van der Waals surface area contributed by atoms with E-state index in [-0.39, 0.29) is 5.56 Å². The number of azo groups is 1. The molecule has 0 saturated carbocycles. The number of aromatic carboxylic acids is 1. The Morgan fingerprint density at radius 3 is 2.61 bits per heavy atom. The maximum atomic E-state index is 11.2. The second-order valence-corrected chi connectivity index (χ2v) is 5.37. The predicted octanol–water partition coefficient (Wildman–Crippen LogP) is 5.15. The van der Waals surface area contributed by atoms with Gasteiger partial charge in [0, 0.05) is 18.1 Å². The normalized spacial score (nSPS) is 10.9. The number of nitrogens with zero attached hydrogens (tertiary/aromatic N) is 2. The van der Waals surface area contributed by atoms with E-state index in [4.69, 9.17) is 16.7 Å². The van der Waals surface area contributed by atoms with Crippen LogP contribution in [0.1, 0.15) is 22.3 Å². The van der Waals surface area contributed by atoms with Gasteiger partial charge < -0.3 is 10.4 Å². The lowest BCUT2D eigenvalue weighted by Crippen LogP contribution is -2.01. The lowest BCUT2D eigenvalue weighted by Gasteiger charge is -2.07. The molecular formula is C17H18ClN3O2. The van der Waals surface area contributed by atoms with Gasteiger partial charge in [0.2, 0.25) is 0 Å². The standard InChI is InChI=1S/C17H18ClN3O2/c1-12-11-13(19-10-4-9-18)7-8-15(12)20-21-16-6-3-2-5-14(16)17(22)23/h2-3,5-8,11,19H,4,9-10H2,1H3,(H,22,23). The van der Waals surface area contributed by atoms with Gasteiger partial charge in [-0.1, -0.05) is 12.1 Å². The summed E-state index contributed by atoms with van der Waals surface area (Å²) in [5.74, 6) is -0.392. The molecule has 0 fully saturated rings. The van der Waals surface area contributed by atoms with E-state index in [1.54, 1.807) is 18.2 Å². The van der Waals surface area contributed by atoms with Crippen molar-refractivity contribution in [3.8, 4) is 0 Å². The number of benzene rings is 2.